The molecule has 0 saturated heterocycles. The Morgan fingerprint density at radius 1 is 1.10 bits per heavy atom. The molecule has 106 valence electrons. The van der Waals surface area contributed by atoms with Gasteiger partial charge < -0.3 is 14.6 Å². The summed E-state index contributed by atoms with van der Waals surface area (Å²) in [4.78, 5) is 1.92. The highest BCUT2D eigenvalue weighted by atomic mass is 35.5. The molecule has 0 atom stereocenters. The molecule has 0 heterocycles. The monoisotopic (exact) mass is 310 g/mol. The van der Waals surface area contributed by atoms with E-state index < -0.39 is 0 Å². The van der Waals surface area contributed by atoms with Crippen molar-refractivity contribution in [3.05, 3.63) is 47.0 Å². The van der Waals surface area contributed by atoms with Crippen LogP contribution in [0.25, 0.3) is 0 Å². The number of hydrogen-bond acceptors (Lipinski definition) is 4. The molecule has 0 aliphatic rings. The van der Waals surface area contributed by atoms with E-state index in [1.54, 1.807) is 20.3 Å². The molecule has 0 fully saturated rings. The Kier molecular flexibility index (Phi) is 5.17. The summed E-state index contributed by atoms with van der Waals surface area (Å²) < 4.78 is 10.4. The molecule has 0 radical (unpaired) electrons. The second-order valence-corrected chi connectivity index (χ2v) is 5.55. The molecule has 0 spiro atoms. The molecule has 0 aliphatic heterocycles. The van der Waals surface area contributed by atoms with Crippen LogP contribution >= 0.6 is 23.4 Å². The molecule has 0 aliphatic carbocycles. The van der Waals surface area contributed by atoms with Gasteiger partial charge in [0.2, 0.25) is 0 Å². The van der Waals surface area contributed by atoms with Crippen molar-refractivity contribution >= 4 is 23.4 Å². The zero-order valence-electron chi connectivity index (χ0n) is 11.2. The smallest absolute Gasteiger partial charge is 0.138 e. The van der Waals surface area contributed by atoms with Crippen molar-refractivity contribution in [2.45, 2.75) is 16.4 Å². The highest BCUT2D eigenvalue weighted by Crippen LogP contribution is 2.36. The van der Waals surface area contributed by atoms with E-state index in [0.29, 0.717) is 10.8 Å². The van der Waals surface area contributed by atoms with E-state index in [4.69, 9.17) is 21.1 Å². The minimum atomic E-state index is -0.0168. The molecular formula is C15H15ClO3S. The first-order valence-electron chi connectivity index (χ1n) is 5.97. The third-order valence-electron chi connectivity index (χ3n) is 2.80. The maximum atomic E-state index is 9.40. The van der Waals surface area contributed by atoms with E-state index in [0.717, 1.165) is 21.1 Å². The van der Waals surface area contributed by atoms with Gasteiger partial charge in [0, 0.05) is 9.79 Å². The predicted octanol–water partition coefficient (Wildman–Crippen LogP) is 4.00. The van der Waals surface area contributed by atoms with Crippen LogP contribution in [0.4, 0.5) is 0 Å². The Hall–Kier alpha value is -1.36. The van der Waals surface area contributed by atoms with Gasteiger partial charge in [0.15, 0.2) is 0 Å². The standard InChI is InChI=1S/C15H15ClO3S/c1-18-11-4-3-10(9-17)15(7-11)20-12-5-6-13(16)14(8-12)19-2/h3-8,17H,9H2,1-2H3. The van der Waals surface area contributed by atoms with Crippen LogP contribution < -0.4 is 9.47 Å². The quantitative estimate of drug-likeness (QED) is 0.906. The number of rotatable bonds is 5. The average molecular weight is 311 g/mol. The zero-order valence-corrected chi connectivity index (χ0v) is 12.8. The van der Waals surface area contributed by atoms with Crippen LogP contribution in [0.5, 0.6) is 11.5 Å². The van der Waals surface area contributed by atoms with Crippen molar-refractivity contribution in [1.29, 1.82) is 0 Å². The molecule has 0 amide bonds. The third-order valence-corrected chi connectivity index (χ3v) is 4.20. The Morgan fingerprint density at radius 3 is 2.55 bits per heavy atom. The Balaban J connectivity index is 2.33. The lowest BCUT2D eigenvalue weighted by Crippen LogP contribution is -1.90. The van der Waals surface area contributed by atoms with E-state index in [1.165, 1.54) is 11.8 Å². The lowest BCUT2D eigenvalue weighted by atomic mass is 10.2. The van der Waals surface area contributed by atoms with Crippen LogP contribution in [0.15, 0.2) is 46.2 Å². The number of aliphatic hydroxyl groups excluding tert-OH is 1. The number of hydrogen-bond donors (Lipinski definition) is 1. The van der Waals surface area contributed by atoms with Gasteiger partial charge in [-0.25, -0.2) is 0 Å². The maximum absolute atomic E-state index is 9.40. The van der Waals surface area contributed by atoms with Crippen molar-refractivity contribution < 1.29 is 14.6 Å². The molecule has 0 saturated carbocycles. The SMILES string of the molecule is COc1ccc(CO)c(Sc2ccc(Cl)c(OC)c2)c1. The van der Waals surface area contributed by atoms with Gasteiger partial charge in [-0.3, -0.25) is 0 Å². The molecule has 0 unspecified atom stereocenters. The topological polar surface area (TPSA) is 38.7 Å². The highest BCUT2D eigenvalue weighted by Gasteiger charge is 2.08. The van der Waals surface area contributed by atoms with Crippen molar-refractivity contribution in [2.75, 3.05) is 14.2 Å². The van der Waals surface area contributed by atoms with E-state index in [2.05, 4.69) is 0 Å². The Bertz CT molecular complexity index is 602. The van der Waals surface area contributed by atoms with E-state index in [-0.39, 0.29) is 6.61 Å². The van der Waals surface area contributed by atoms with Gasteiger partial charge in [0.25, 0.3) is 0 Å². The van der Waals surface area contributed by atoms with Crippen LogP contribution in [-0.4, -0.2) is 19.3 Å². The first-order valence-corrected chi connectivity index (χ1v) is 7.16. The molecule has 0 aromatic heterocycles. The minimum Gasteiger partial charge on any atom is -0.497 e. The zero-order chi connectivity index (χ0) is 14.5. The summed E-state index contributed by atoms with van der Waals surface area (Å²) >= 11 is 7.54. The molecule has 2 aromatic carbocycles. The number of benzene rings is 2. The molecule has 20 heavy (non-hydrogen) atoms. The maximum Gasteiger partial charge on any atom is 0.138 e. The second-order valence-electron chi connectivity index (χ2n) is 4.03. The van der Waals surface area contributed by atoms with Crippen molar-refractivity contribution in [2.24, 2.45) is 0 Å². The normalized spacial score (nSPS) is 10.4. The van der Waals surface area contributed by atoms with Gasteiger partial charge in [-0.2, -0.15) is 0 Å². The van der Waals surface area contributed by atoms with Crippen molar-refractivity contribution in [3.63, 3.8) is 0 Å². The van der Waals surface area contributed by atoms with Crippen LogP contribution in [0.3, 0.4) is 0 Å². The summed E-state index contributed by atoms with van der Waals surface area (Å²) in [6.45, 7) is -0.0168. The Morgan fingerprint density at radius 2 is 1.90 bits per heavy atom. The van der Waals surface area contributed by atoms with Crippen LogP contribution in [0.1, 0.15) is 5.56 Å². The summed E-state index contributed by atoms with van der Waals surface area (Å²) in [6.07, 6.45) is 0. The van der Waals surface area contributed by atoms with Crippen LogP contribution in [0, 0.1) is 0 Å². The first-order chi connectivity index (χ1) is 9.67. The summed E-state index contributed by atoms with van der Waals surface area (Å²) in [5.74, 6) is 1.38. The average Bonchev–Trinajstić information content (AvgIpc) is 2.49. The largest absolute Gasteiger partial charge is 0.497 e. The van der Waals surface area contributed by atoms with E-state index >= 15 is 0 Å². The fourth-order valence-corrected chi connectivity index (χ4v) is 2.91. The fraction of sp³-hybridized carbons (Fsp3) is 0.200. The fourth-order valence-electron chi connectivity index (χ4n) is 1.72. The van der Waals surface area contributed by atoms with Gasteiger partial charge in [0.1, 0.15) is 11.5 Å². The number of ether oxygens (including phenoxy) is 2. The Labute approximate surface area is 127 Å². The molecular weight excluding hydrogens is 296 g/mol. The lowest BCUT2D eigenvalue weighted by Gasteiger charge is -2.10. The number of halogens is 1. The van der Waals surface area contributed by atoms with Crippen molar-refractivity contribution in [3.8, 4) is 11.5 Å². The van der Waals surface area contributed by atoms with E-state index in [9.17, 15) is 5.11 Å². The second kappa shape index (κ2) is 6.88. The van der Waals surface area contributed by atoms with Gasteiger partial charge in [-0.1, -0.05) is 29.4 Å². The van der Waals surface area contributed by atoms with E-state index in [1.807, 2.05) is 30.3 Å². The molecule has 0 bridgehead atoms. The summed E-state index contributed by atoms with van der Waals surface area (Å²) in [7, 11) is 3.20. The lowest BCUT2D eigenvalue weighted by molar-refractivity contribution is 0.278. The molecule has 2 rings (SSSR count). The molecule has 5 heteroatoms. The number of methoxy groups -OCH3 is 2. The minimum absolute atomic E-state index is 0.0168. The number of aliphatic hydroxyl groups is 1. The van der Waals surface area contributed by atoms with Crippen LogP contribution in [-0.2, 0) is 6.61 Å². The van der Waals surface area contributed by atoms with Crippen molar-refractivity contribution in [1.82, 2.24) is 0 Å². The highest BCUT2D eigenvalue weighted by molar-refractivity contribution is 7.99. The molecule has 3 nitrogen and oxygen atoms in total. The molecule has 1 N–H and O–H groups in total. The summed E-state index contributed by atoms with van der Waals surface area (Å²) in [6, 6.07) is 11.2. The summed E-state index contributed by atoms with van der Waals surface area (Å²) in [5.41, 5.74) is 0.852. The predicted molar refractivity (Wildman–Crippen MR) is 81.0 cm³/mol. The van der Waals surface area contributed by atoms with Gasteiger partial charge >= 0.3 is 0 Å². The third kappa shape index (κ3) is 3.39. The first kappa shape index (κ1) is 15.0. The van der Waals surface area contributed by atoms with Gasteiger partial charge in [-0.15, -0.1) is 0 Å². The summed E-state index contributed by atoms with van der Waals surface area (Å²) in [5, 5.41) is 9.98. The molecule has 2 aromatic rings. The van der Waals surface area contributed by atoms with Gasteiger partial charge in [0.05, 0.1) is 25.8 Å². The van der Waals surface area contributed by atoms with Gasteiger partial charge in [-0.05, 0) is 35.9 Å². The van der Waals surface area contributed by atoms with Crippen LogP contribution in [0.2, 0.25) is 5.02 Å².